The van der Waals surface area contributed by atoms with Crippen molar-refractivity contribution in [1.29, 1.82) is 0 Å². The van der Waals surface area contributed by atoms with Gasteiger partial charge in [-0.15, -0.1) is 0 Å². The molecule has 0 unspecified atom stereocenters. The molecule has 4 nitrogen and oxygen atoms in total. The zero-order valence-corrected chi connectivity index (χ0v) is 12.1. The summed E-state index contributed by atoms with van der Waals surface area (Å²) in [7, 11) is 0. The summed E-state index contributed by atoms with van der Waals surface area (Å²) in [6.45, 7) is 1.44. The Balaban J connectivity index is 1.88. The summed E-state index contributed by atoms with van der Waals surface area (Å²) < 4.78 is 18.5. The second-order valence-electron chi connectivity index (χ2n) is 4.76. The van der Waals surface area contributed by atoms with E-state index in [2.05, 4.69) is 5.32 Å². The summed E-state index contributed by atoms with van der Waals surface area (Å²) in [5.41, 5.74) is 0.854. The molecule has 0 aromatic heterocycles. The summed E-state index contributed by atoms with van der Waals surface area (Å²) in [6.07, 6.45) is -0.922. The number of benzene rings is 2. The summed E-state index contributed by atoms with van der Waals surface area (Å²) in [4.78, 5) is 23.7. The molecule has 1 amide bonds. The molecule has 2 aromatic rings. The third-order valence-corrected chi connectivity index (χ3v) is 3.00. The Hall–Kier alpha value is -2.69. The number of ether oxygens (including phenoxy) is 1. The molecule has 0 saturated heterocycles. The van der Waals surface area contributed by atoms with E-state index < -0.39 is 23.8 Å². The van der Waals surface area contributed by atoms with Gasteiger partial charge < -0.3 is 10.1 Å². The topological polar surface area (TPSA) is 55.4 Å². The molecule has 0 bridgehead atoms. The number of nitrogens with one attached hydrogen (secondary N) is 1. The predicted molar refractivity (Wildman–Crippen MR) is 80.7 cm³/mol. The molecule has 0 spiro atoms. The number of carbonyl (C=O) groups is 2. The smallest absolute Gasteiger partial charge is 0.311 e. The van der Waals surface area contributed by atoms with Crippen LogP contribution in [0.1, 0.15) is 12.5 Å². The average molecular weight is 301 g/mol. The van der Waals surface area contributed by atoms with E-state index in [4.69, 9.17) is 4.74 Å². The quantitative estimate of drug-likeness (QED) is 0.864. The van der Waals surface area contributed by atoms with E-state index >= 15 is 0 Å². The first-order valence-electron chi connectivity index (χ1n) is 6.85. The molecule has 5 heteroatoms. The third-order valence-electron chi connectivity index (χ3n) is 3.00. The molecule has 0 aliphatic carbocycles. The van der Waals surface area contributed by atoms with Crippen LogP contribution in [0.3, 0.4) is 0 Å². The largest absolute Gasteiger partial charge is 0.452 e. The van der Waals surface area contributed by atoms with Gasteiger partial charge in [-0.3, -0.25) is 9.59 Å². The van der Waals surface area contributed by atoms with Crippen molar-refractivity contribution >= 4 is 17.6 Å². The number of rotatable bonds is 5. The predicted octanol–water partition coefficient (Wildman–Crippen LogP) is 2.94. The minimum atomic E-state index is -1.00. The second kappa shape index (κ2) is 7.36. The maximum atomic E-state index is 13.4. The first kappa shape index (κ1) is 15.7. The highest BCUT2D eigenvalue weighted by molar-refractivity contribution is 5.95. The van der Waals surface area contributed by atoms with Gasteiger partial charge in [0, 0.05) is 0 Å². The van der Waals surface area contributed by atoms with Crippen molar-refractivity contribution in [3.63, 3.8) is 0 Å². The molecular weight excluding hydrogens is 285 g/mol. The zero-order valence-electron chi connectivity index (χ0n) is 12.1. The van der Waals surface area contributed by atoms with Gasteiger partial charge in [0.25, 0.3) is 5.91 Å². The van der Waals surface area contributed by atoms with Crippen LogP contribution in [0.5, 0.6) is 0 Å². The fraction of sp³-hybridized carbons (Fsp3) is 0.176. The summed E-state index contributed by atoms with van der Waals surface area (Å²) in [5.74, 6) is -1.63. The number of anilines is 1. The third kappa shape index (κ3) is 4.41. The molecular formula is C17H16FNO3. The molecule has 0 aliphatic rings. The lowest BCUT2D eigenvalue weighted by Crippen LogP contribution is -2.30. The Morgan fingerprint density at radius 3 is 2.41 bits per heavy atom. The van der Waals surface area contributed by atoms with Gasteiger partial charge in [-0.2, -0.15) is 0 Å². The van der Waals surface area contributed by atoms with Gasteiger partial charge in [0.1, 0.15) is 5.82 Å². The van der Waals surface area contributed by atoms with Crippen molar-refractivity contribution in [2.75, 3.05) is 5.32 Å². The lowest BCUT2D eigenvalue weighted by molar-refractivity contribution is -0.152. The van der Waals surface area contributed by atoms with Gasteiger partial charge in [0.2, 0.25) is 0 Å². The summed E-state index contributed by atoms with van der Waals surface area (Å²) in [5, 5.41) is 2.39. The molecule has 2 rings (SSSR count). The summed E-state index contributed by atoms with van der Waals surface area (Å²) in [6, 6.07) is 14.9. The fourth-order valence-corrected chi connectivity index (χ4v) is 1.85. The minimum Gasteiger partial charge on any atom is -0.452 e. The first-order valence-corrected chi connectivity index (χ1v) is 6.85. The van der Waals surface area contributed by atoms with E-state index in [9.17, 15) is 14.0 Å². The van der Waals surface area contributed by atoms with Crippen LogP contribution in [0.2, 0.25) is 0 Å². The lowest BCUT2D eigenvalue weighted by atomic mass is 10.1. The summed E-state index contributed by atoms with van der Waals surface area (Å²) >= 11 is 0. The van der Waals surface area contributed by atoms with Gasteiger partial charge >= 0.3 is 5.97 Å². The minimum absolute atomic E-state index is 0.0541. The van der Waals surface area contributed by atoms with Crippen LogP contribution >= 0.6 is 0 Å². The maximum Gasteiger partial charge on any atom is 0.311 e. The Kier molecular flexibility index (Phi) is 5.25. The van der Waals surface area contributed by atoms with E-state index in [1.807, 2.05) is 18.2 Å². The number of para-hydroxylation sites is 1. The van der Waals surface area contributed by atoms with Crippen molar-refractivity contribution in [3.05, 3.63) is 66.0 Å². The number of esters is 1. The second-order valence-corrected chi connectivity index (χ2v) is 4.76. The standard InChI is InChI=1S/C17H16FNO3/c1-12(17(21)19-15-10-6-5-9-14(15)18)22-16(20)11-13-7-3-2-4-8-13/h2-10,12H,11H2,1H3,(H,19,21)/t12-/m0/s1. The molecule has 0 saturated carbocycles. The molecule has 1 atom stereocenters. The SMILES string of the molecule is C[C@H](OC(=O)Cc1ccccc1)C(=O)Nc1ccccc1F. The molecule has 0 radical (unpaired) electrons. The average Bonchev–Trinajstić information content (AvgIpc) is 2.50. The number of amides is 1. The van der Waals surface area contributed by atoms with Gasteiger partial charge in [-0.1, -0.05) is 42.5 Å². The van der Waals surface area contributed by atoms with E-state index in [0.717, 1.165) is 5.56 Å². The van der Waals surface area contributed by atoms with Crippen LogP contribution < -0.4 is 5.32 Å². The fourth-order valence-electron chi connectivity index (χ4n) is 1.85. The van der Waals surface area contributed by atoms with Crippen LogP contribution in [0.4, 0.5) is 10.1 Å². The zero-order chi connectivity index (χ0) is 15.9. The van der Waals surface area contributed by atoms with E-state index in [0.29, 0.717) is 0 Å². The van der Waals surface area contributed by atoms with E-state index in [-0.39, 0.29) is 12.1 Å². The first-order chi connectivity index (χ1) is 10.6. The molecule has 0 aliphatic heterocycles. The lowest BCUT2D eigenvalue weighted by Gasteiger charge is -2.14. The number of hydrogen-bond donors (Lipinski definition) is 1. The molecule has 2 aromatic carbocycles. The molecule has 1 N–H and O–H groups in total. The monoisotopic (exact) mass is 301 g/mol. The molecule has 0 fully saturated rings. The Morgan fingerprint density at radius 2 is 1.73 bits per heavy atom. The van der Waals surface area contributed by atoms with Crippen LogP contribution in [0.25, 0.3) is 0 Å². The van der Waals surface area contributed by atoms with Gasteiger partial charge in [0.15, 0.2) is 6.10 Å². The Labute approximate surface area is 127 Å². The van der Waals surface area contributed by atoms with E-state index in [1.165, 1.54) is 25.1 Å². The highest BCUT2D eigenvalue weighted by atomic mass is 19.1. The Bertz CT molecular complexity index is 658. The number of halogens is 1. The number of hydrogen-bond acceptors (Lipinski definition) is 3. The van der Waals surface area contributed by atoms with Gasteiger partial charge in [-0.05, 0) is 24.6 Å². The number of carbonyl (C=O) groups excluding carboxylic acids is 2. The van der Waals surface area contributed by atoms with E-state index in [1.54, 1.807) is 18.2 Å². The van der Waals surface area contributed by atoms with Crippen LogP contribution in [0, 0.1) is 5.82 Å². The van der Waals surface area contributed by atoms with Crippen molar-refractivity contribution in [1.82, 2.24) is 0 Å². The van der Waals surface area contributed by atoms with Crippen LogP contribution in [-0.2, 0) is 20.7 Å². The van der Waals surface area contributed by atoms with Crippen molar-refractivity contribution in [3.8, 4) is 0 Å². The molecule has 22 heavy (non-hydrogen) atoms. The Morgan fingerprint density at radius 1 is 1.09 bits per heavy atom. The van der Waals surface area contributed by atoms with Gasteiger partial charge in [-0.25, -0.2) is 4.39 Å². The highest BCUT2D eigenvalue weighted by Crippen LogP contribution is 2.13. The van der Waals surface area contributed by atoms with Gasteiger partial charge in [0.05, 0.1) is 12.1 Å². The van der Waals surface area contributed by atoms with Crippen LogP contribution in [0.15, 0.2) is 54.6 Å². The normalized spacial score (nSPS) is 11.5. The molecule has 0 heterocycles. The van der Waals surface area contributed by atoms with Crippen molar-refractivity contribution in [2.45, 2.75) is 19.4 Å². The van der Waals surface area contributed by atoms with Crippen LogP contribution in [-0.4, -0.2) is 18.0 Å². The maximum absolute atomic E-state index is 13.4. The highest BCUT2D eigenvalue weighted by Gasteiger charge is 2.19. The van der Waals surface area contributed by atoms with Crippen molar-refractivity contribution in [2.24, 2.45) is 0 Å². The van der Waals surface area contributed by atoms with Crippen molar-refractivity contribution < 1.29 is 18.7 Å². The molecule has 114 valence electrons.